The number of ether oxygens (including phenoxy) is 4. The molecule has 0 amide bonds. The molecule has 2 aromatic rings. The highest BCUT2D eigenvalue weighted by molar-refractivity contribution is 7.80. The fourth-order valence-corrected chi connectivity index (χ4v) is 3.72. The number of hydrogen-bond donors (Lipinski definition) is 0. The molecule has 1 aromatic heterocycles. The summed E-state index contributed by atoms with van der Waals surface area (Å²) in [4.78, 5) is 28.9. The van der Waals surface area contributed by atoms with Crippen LogP contribution >= 0.6 is 12.2 Å². The van der Waals surface area contributed by atoms with Crippen molar-refractivity contribution in [1.82, 2.24) is 4.98 Å². The predicted octanol–water partition coefficient (Wildman–Crippen LogP) is 4.93. The van der Waals surface area contributed by atoms with E-state index in [0.29, 0.717) is 16.4 Å². The third-order valence-electron chi connectivity index (χ3n) is 4.98. The average molecular weight is 492 g/mol. The number of benzene rings is 1. The molecule has 0 aliphatic carbocycles. The molecule has 0 radical (unpaired) electrons. The van der Waals surface area contributed by atoms with Gasteiger partial charge in [-0.1, -0.05) is 39.1 Å². The number of methoxy groups -OCH3 is 1. The number of aromatic nitrogens is 1. The van der Waals surface area contributed by atoms with E-state index in [-0.39, 0.29) is 23.8 Å². The standard InChI is InChI=1S/C25H30FNO6S/c1-14(2)23(33-19-9-7-8-18(26)13-19)16(4)31-25(29)15(3)12-21(34)22-24(32-17(5)28)20(30-6)10-11-27-22/h7-11,13-16,23H,12H2,1-6H3/t15-,16+,23-/m1/s1. The smallest absolute Gasteiger partial charge is 0.309 e. The Labute approximate surface area is 204 Å². The zero-order chi connectivity index (χ0) is 25.4. The predicted molar refractivity (Wildman–Crippen MR) is 129 cm³/mol. The molecule has 34 heavy (non-hydrogen) atoms. The minimum Gasteiger partial charge on any atom is -0.493 e. The quantitative estimate of drug-likeness (QED) is 0.248. The van der Waals surface area contributed by atoms with Crippen LogP contribution in [0.5, 0.6) is 17.2 Å². The fraction of sp³-hybridized carbons (Fsp3) is 0.440. The van der Waals surface area contributed by atoms with Crippen molar-refractivity contribution >= 4 is 29.0 Å². The van der Waals surface area contributed by atoms with E-state index in [1.165, 1.54) is 32.4 Å². The van der Waals surface area contributed by atoms with Crippen LogP contribution in [0.15, 0.2) is 36.5 Å². The van der Waals surface area contributed by atoms with Gasteiger partial charge in [0.2, 0.25) is 0 Å². The van der Waals surface area contributed by atoms with Gasteiger partial charge in [0.05, 0.1) is 13.0 Å². The molecule has 0 spiro atoms. The van der Waals surface area contributed by atoms with Gasteiger partial charge in [-0.25, -0.2) is 4.39 Å². The first kappa shape index (κ1) is 27.2. The van der Waals surface area contributed by atoms with Crippen molar-refractivity contribution in [3.8, 4) is 17.2 Å². The third-order valence-corrected chi connectivity index (χ3v) is 5.34. The fourth-order valence-electron chi connectivity index (χ4n) is 3.33. The second-order valence-electron chi connectivity index (χ2n) is 8.24. The van der Waals surface area contributed by atoms with E-state index in [4.69, 9.17) is 31.2 Å². The highest BCUT2D eigenvalue weighted by Gasteiger charge is 2.29. The van der Waals surface area contributed by atoms with Gasteiger partial charge in [0.15, 0.2) is 11.5 Å². The summed E-state index contributed by atoms with van der Waals surface area (Å²) in [5.74, 6) is -1.26. The third kappa shape index (κ3) is 7.48. The average Bonchev–Trinajstić information content (AvgIpc) is 2.76. The minimum atomic E-state index is -0.602. The van der Waals surface area contributed by atoms with Crippen LogP contribution in [-0.4, -0.2) is 41.1 Å². The first-order chi connectivity index (χ1) is 16.0. The molecule has 1 aromatic carbocycles. The summed E-state index contributed by atoms with van der Waals surface area (Å²) in [7, 11) is 1.44. The molecular weight excluding hydrogens is 461 g/mol. The maximum atomic E-state index is 13.5. The summed E-state index contributed by atoms with van der Waals surface area (Å²) < 4.78 is 35.6. The second-order valence-corrected chi connectivity index (χ2v) is 8.73. The largest absolute Gasteiger partial charge is 0.493 e. The van der Waals surface area contributed by atoms with E-state index in [2.05, 4.69) is 4.98 Å². The van der Waals surface area contributed by atoms with E-state index in [1.807, 2.05) is 13.8 Å². The molecule has 0 fully saturated rings. The van der Waals surface area contributed by atoms with Crippen LogP contribution < -0.4 is 14.2 Å². The normalized spacial score (nSPS) is 13.5. The van der Waals surface area contributed by atoms with Gasteiger partial charge in [0, 0.05) is 30.1 Å². The molecule has 3 atom stereocenters. The molecule has 7 nitrogen and oxygen atoms in total. The number of hydrogen-bond acceptors (Lipinski definition) is 8. The van der Waals surface area contributed by atoms with E-state index in [0.717, 1.165) is 0 Å². The lowest BCUT2D eigenvalue weighted by atomic mass is 10.0. The number of thiocarbonyl (C=S) groups is 1. The van der Waals surface area contributed by atoms with Crippen LogP contribution in [0.4, 0.5) is 4.39 Å². The maximum absolute atomic E-state index is 13.5. The summed E-state index contributed by atoms with van der Waals surface area (Å²) in [6, 6.07) is 7.37. The molecular formula is C25H30FNO6S. The van der Waals surface area contributed by atoms with Crippen molar-refractivity contribution in [3.05, 3.63) is 48.0 Å². The van der Waals surface area contributed by atoms with Gasteiger partial charge < -0.3 is 18.9 Å². The minimum absolute atomic E-state index is 0.00489. The van der Waals surface area contributed by atoms with Crippen molar-refractivity contribution in [2.45, 2.75) is 53.2 Å². The van der Waals surface area contributed by atoms with Crippen LogP contribution in [-0.2, 0) is 14.3 Å². The molecule has 1 heterocycles. The van der Waals surface area contributed by atoms with Crippen molar-refractivity contribution < 1.29 is 32.9 Å². The Kier molecular flexibility index (Phi) is 9.92. The van der Waals surface area contributed by atoms with Gasteiger partial charge in [0.1, 0.15) is 29.5 Å². The highest BCUT2D eigenvalue weighted by Crippen LogP contribution is 2.31. The van der Waals surface area contributed by atoms with Gasteiger partial charge in [-0.05, 0) is 31.4 Å². The van der Waals surface area contributed by atoms with E-state index >= 15 is 0 Å². The number of halogens is 1. The molecule has 0 saturated heterocycles. The van der Waals surface area contributed by atoms with Crippen molar-refractivity contribution in [2.75, 3.05) is 7.11 Å². The zero-order valence-electron chi connectivity index (χ0n) is 20.2. The van der Waals surface area contributed by atoms with Crippen LogP contribution in [0, 0.1) is 17.7 Å². The van der Waals surface area contributed by atoms with E-state index < -0.39 is 35.9 Å². The summed E-state index contributed by atoms with van der Waals surface area (Å²) in [5.41, 5.74) is 0.256. The number of nitrogens with zero attached hydrogens (tertiary/aromatic N) is 1. The van der Waals surface area contributed by atoms with Crippen molar-refractivity contribution in [3.63, 3.8) is 0 Å². The van der Waals surface area contributed by atoms with Gasteiger partial charge in [-0.15, -0.1) is 0 Å². The Morgan fingerprint density at radius 1 is 1.15 bits per heavy atom. The molecule has 9 heteroatoms. The SMILES string of the molecule is COc1ccnc(C(=S)C[C@@H](C)C(=O)O[C@@H](C)[C@H](Oc2cccc(F)c2)C(C)C)c1OC(C)=O. The van der Waals surface area contributed by atoms with Crippen molar-refractivity contribution in [2.24, 2.45) is 11.8 Å². The second kappa shape index (κ2) is 12.4. The number of esters is 2. The van der Waals surface area contributed by atoms with Crippen LogP contribution in [0.2, 0.25) is 0 Å². The molecule has 0 unspecified atom stereocenters. The van der Waals surface area contributed by atoms with Crippen LogP contribution in [0.3, 0.4) is 0 Å². The Morgan fingerprint density at radius 2 is 1.85 bits per heavy atom. The van der Waals surface area contributed by atoms with Gasteiger partial charge >= 0.3 is 11.9 Å². The van der Waals surface area contributed by atoms with E-state index in [9.17, 15) is 14.0 Å². The van der Waals surface area contributed by atoms with Gasteiger partial charge in [-0.3, -0.25) is 14.6 Å². The monoisotopic (exact) mass is 491 g/mol. The summed E-state index contributed by atoms with van der Waals surface area (Å²) in [5, 5.41) is 0. The first-order valence-electron chi connectivity index (χ1n) is 10.9. The highest BCUT2D eigenvalue weighted by atomic mass is 32.1. The number of rotatable bonds is 11. The number of carbonyl (C=O) groups excluding carboxylic acids is 2. The molecule has 0 bridgehead atoms. The molecule has 2 rings (SSSR count). The molecule has 0 aliphatic heterocycles. The van der Waals surface area contributed by atoms with Crippen LogP contribution in [0.25, 0.3) is 0 Å². The van der Waals surface area contributed by atoms with Crippen LogP contribution in [0.1, 0.15) is 46.7 Å². The number of pyridine rings is 1. The topological polar surface area (TPSA) is 84.0 Å². The Morgan fingerprint density at radius 3 is 2.44 bits per heavy atom. The van der Waals surface area contributed by atoms with E-state index in [1.54, 1.807) is 32.0 Å². The summed E-state index contributed by atoms with van der Waals surface area (Å²) in [6.45, 7) is 8.54. The molecule has 184 valence electrons. The summed E-state index contributed by atoms with van der Waals surface area (Å²) >= 11 is 5.49. The molecule has 0 aliphatic rings. The van der Waals surface area contributed by atoms with Gasteiger partial charge in [-0.2, -0.15) is 0 Å². The first-order valence-corrected chi connectivity index (χ1v) is 11.3. The molecule has 0 N–H and O–H groups in total. The lowest BCUT2D eigenvalue weighted by Gasteiger charge is -2.29. The zero-order valence-corrected chi connectivity index (χ0v) is 21.0. The molecule has 0 saturated carbocycles. The number of carbonyl (C=O) groups is 2. The van der Waals surface area contributed by atoms with Gasteiger partial charge in [0.25, 0.3) is 0 Å². The lowest BCUT2D eigenvalue weighted by molar-refractivity contribution is -0.158. The Bertz CT molecular complexity index is 1030. The Hall–Kier alpha value is -3.07. The Balaban J connectivity index is 2.09. The maximum Gasteiger partial charge on any atom is 0.309 e. The lowest BCUT2D eigenvalue weighted by Crippen LogP contribution is -2.38. The summed E-state index contributed by atoms with van der Waals surface area (Å²) in [6.07, 6.45) is 0.543. The van der Waals surface area contributed by atoms with Crippen molar-refractivity contribution in [1.29, 1.82) is 0 Å².